The fourth-order valence-electron chi connectivity index (χ4n) is 2.00. The number of rotatable bonds is 1. The van der Waals surface area contributed by atoms with Crippen LogP contribution in [-0.4, -0.2) is 6.54 Å². The fraction of sp³-hybridized carbons (Fsp3) is 0.455. The summed E-state index contributed by atoms with van der Waals surface area (Å²) in [5.74, 6) is -0.553. The van der Waals surface area contributed by atoms with E-state index in [1.54, 1.807) is 0 Å². The van der Waals surface area contributed by atoms with Crippen molar-refractivity contribution in [3.05, 3.63) is 35.4 Å². The third-order valence-corrected chi connectivity index (χ3v) is 2.83. The van der Waals surface area contributed by atoms with E-state index >= 15 is 0 Å². The van der Waals surface area contributed by atoms with E-state index in [-0.39, 0.29) is 6.04 Å². The lowest BCUT2D eigenvalue weighted by molar-refractivity contribution is 0.471. The smallest absolute Gasteiger partial charge is 0.130 e. The average molecular weight is 197 g/mol. The molecule has 1 heterocycles. The maximum atomic E-state index is 13.4. The second-order valence-corrected chi connectivity index (χ2v) is 3.86. The number of hydrogen-bond acceptors (Lipinski definition) is 1. The molecule has 1 aliphatic heterocycles. The van der Waals surface area contributed by atoms with Crippen LogP contribution >= 0.6 is 0 Å². The maximum Gasteiger partial charge on any atom is 0.130 e. The minimum Gasteiger partial charge on any atom is -0.310 e. The van der Waals surface area contributed by atoms with Crippen LogP contribution in [0.15, 0.2) is 18.2 Å². The molecule has 0 unspecified atom stereocenters. The monoisotopic (exact) mass is 197 g/mol. The molecule has 1 nitrogen and oxygen atoms in total. The van der Waals surface area contributed by atoms with Crippen LogP contribution in [-0.2, 0) is 0 Å². The minimum absolute atomic E-state index is 0.0376. The molecule has 1 saturated heterocycles. The van der Waals surface area contributed by atoms with E-state index in [0.29, 0.717) is 11.5 Å². The third-order valence-electron chi connectivity index (χ3n) is 2.83. The van der Waals surface area contributed by atoms with Crippen molar-refractivity contribution in [2.24, 2.45) is 5.92 Å². The van der Waals surface area contributed by atoms with Gasteiger partial charge in [0.2, 0.25) is 0 Å². The molecule has 1 aliphatic rings. The van der Waals surface area contributed by atoms with Crippen molar-refractivity contribution in [2.45, 2.75) is 19.4 Å². The first-order chi connectivity index (χ1) is 6.68. The van der Waals surface area contributed by atoms with Gasteiger partial charge in [0, 0.05) is 17.7 Å². The predicted octanol–water partition coefficient (Wildman–Crippen LogP) is 2.64. The van der Waals surface area contributed by atoms with Gasteiger partial charge in [-0.2, -0.15) is 0 Å². The summed E-state index contributed by atoms with van der Waals surface area (Å²) >= 11 is 0. The van der Waals surface area contributed by atoms with Crippen LogP contribution in [0.25, 0.3) is 0 Å². The standard InChI is InChI=1S/C11H13F2N/c1-7-4-5-14-11(7)9-3-2-8(12)6-10(9)13/h2-3,6-7,11,14H,4-5H2,1H3/t7-,11-/m0/s1. The van der Waals surface area contributed by atoms with Crippen molar-refractivity contribution in [3.63, 3.8) is 0 Å². The van der Waals surface area contributed by atoms with Crippen LogP contribution in [0.3, 0.4) is 0 Å². The summed E-state index contributed by atoms with van der Waals surface area (Å²) < 4.78 is 26.1. The number of halogens is 2. The van der Waals surface area contributed by atoms with Gasteiger partial charge in [0.25, 0.3) is 0 Å². The van der Waals surface area contributed by atoms with Gasteiger partial charge in [-0.15, -0.1) is 0 Å². The number of benzene rings is 1. The van der Waals surface area contributed by atoms with E-state index in [1.807, 2.05) is 0 Å². The third kappa shape index (κ3) is 1.64. The van der Waals surface area contributed by atoms with Crippen LogP contribution in [0.4, 0.5) is 8.78 Å². The van der Waals surface area contributed by atoms with Crippen molar-refractivity contribution in [1.29, 1.82) is 0 Å². The molecule has 0 amide bonds. The van der Waals surface area contributed by atoms with Gasteiger partial charge in [-0.1, -0.05) is 13.0 Å². The Labute approximate surface area is 82.1 Å². The van der Waals surface area contributed by atoms with Crippen LogP contribution in [0, 0.1) is 17.6 Å². The summed E-state index contributed by atoms with van der Waals surface area (Å²) in [6, 6.07) is 3.83. The Balaban J connectivity index is 2.31. The minimum atomic E-state index is -0.517. The van der Waals surface area contributed by atoms with Gasteiger partial charge in [0.15, 0.2) is 0 Å². The molecule has 0 aromatic heterocycles. The topological polar surface area (TPSA) is 12.0 Å². The molecule has 1 N–H and O–H groups in total. The van der Waals surface area contributed by atoms with E-state index in [0.717, 1.165) is 19.0 Å². The molecule has 76 valence electrons. The zero-order chi connectivity index (χ0) is 10.1. The molecule has 0 spiro atoms. The molecule has 0 saturated carbocycles. The van der Waals surface area contributed by atoms with Crippen molar-refractivity contribution in [1.82, 2.24) is 5.32 Å². The fourth-order valence-corrected chi connectivity index (χ4v) is 2.00. The molecule has 3 heteroatoms. The van der Waals surface area contributed by atoms with Crippen LogP contribution < -0.4 is 5.32 Å². The molecule has 0 radical (unpaired) electrons. The highest BCUT2D eigenvalue weighted by molar-refractivity contribution is 5.23. The van der Waals surface area contributed by atoms with Gasteiger partial charge < -0.3 is 5.32 Å². The Morgan fingerprint density at radius 1 is 1.36 bits per heavy atom. The maximum absolute atomic E-state index is 13.4. The quantitative estimate of drug-likeness (QED) is 0.729. The Hall–Kier alpha value is -0.960. The lowest BCUT2D eigenvalue weighted by Crippen LogP contribution is -2.17. The predicted molar refractivity (Wildman–Crippen MR) is 50.9 cm³/mol. The Kier molecular flexibility index (Phi) is 2.50. The highest BCUT2D eigenvalue weighted by Crippen LogP contribution is 2.30. The first-order valence-electron chi connectivity index (χ1n) is 4.87. The molecular weight excluding hydrogens is 184 g/mol. The number of hydrogen-bond donors (Lipinski definition) is 1. The van der Waals surface area contributed by atoms with Crippen molar-refractivity contribution in [3.8, 4) is 0 Å². The molecule has 1 aromatic carbocycles. The first-order valence-corrected chi connectivity index (χ1v) is 4.87. The van der Waals surface area contributed by atoms with Crippen molar-refractivity contribution >= 4 is 0 Å². The van der Waals surface area contributed by atoms with Crippen LogP contribution in [0.2, 0.25) is 0 Å². The van der Waals surface area contributed by atoms with Crippen molar-refractivity contribution in [2.75, 3.05) is 6.54 Å². The summed E-state index contributed by atoms with van der Waals surface area (Å²) in [5.41, 5.74) is 0.580. The summed E-state index contributed by atoms with van der Waals surface area (Å²) in [5, 5.41) is 3.22. The van der Waals surface area contributed by atoms with E-state index in [2.05, 4.69) is 12.2 Å². The summed E-state index contributed by atoms with van der Waals surface area (Å²) in [6.07, 6.45) is 1.04. The van der Waals surface area contributed by atoms with Crippen LogP contribution in [0.5, 0.6) is 0 Å². The Morgan fingerprint density at radius 3 is 2.71 bits per heavy atom. The highest BCUT2D eigenvalue weighted by atomic mass is 19.1. The average Bonchev–Trinajstić information content (AvgIpc) is 2.52. The Bertz CT molecular complexity index is 338. The summed E-state index contributed by atoms with van der Waals surface area (Å²) in [4.78, 5) is 0. The second-order valence-electron chi connectivity index (χ2n) is 3.86. The molecule has 1 fully saturated rings. The number of nitrogens with one attached hydrogen (secondary N) is 1. The normalized spacial score (nSPS) is 26.8. The van der Waals surface area contributed by atoms with E-state index < -0.39 is 11.6 Å². The van der Waals surface area contributed by atoms with Gasteiger partial charge >= 0.3 is 0 Å². The molecule has 2 rings (SSSR count). The van der Waals surface area contributed by atoms with Gasteiger partial charge in [-0.25, -0.2) is 8.78 Å². The molecule has 0 aliphatic carbocycles. The second kappa shape index (κ2) is 3.65. The zero-order valence-corrected chi connectivity index (χ0v) is 8.06. The van der Waals surface area contributed by atoms with Gasteiger partial charge in [-0.3, -0.25) is 0 Å². The van der Waals surface area contributed by atoms with Gasteiger partial charge in [-0.05, 0) is 24.9 Å². The molecule has 2 atom stereocenters. The SMILES string of the molecule is C[C@H]1CCN[C@@H]1c1ccc(F)cc1F. The Morgan fingerprint density at radius 2 is 2.14 bits per heavy atom. The van der Waals surface area contributed by atoms with Crippen LogP contribution in [0.1, 0.15) is 24.9 Å². The van der Waals surface area contributed by atoms with Gasteiger partial charge in [0.1, 0.15) is 11.6 Å². The molecule has 14 heavy (non-hydrogen) atoms. The largest absolute Gasteiger partial charge is 0.310 e. The molecule has 1 aromatic rings. The zero-order valence-electron chi connectivity index (χ0n) is 8.06. The van der Waals surface area contributed by atoms with E-state index in [1.165, 1.54) is 12.1 Å². The molecule has 0 bridgehead atoms. The first kappa shape index (κ1) is 9.59. The lowest BCUT2D eigenvalue weighted by atomic mass is 9.96. The molecular formula is C11H13F2N. The van der Waals surface area contributed by atoms with Gasteiger partial charge in [0.05, 0.1) is 0 Å². The van der Waals surface area contributed by atoms with E-state index in [9.17, 15) is 8.78 Å². The summed E-state index contributed by atoms with van der Waals surface area (Å²) in [6.45, 7) is 2.98. The summed E-state index contributed by atoms with van der Waals surface area (Å²) in [7, 11) is 0. The lowest BCUT2D eigenvalue weighted by Gasteiger charge is -2.16. The highest BCUT2D eigenvalue weighted by Gasteiger charge is 2.26. The van der Waals surface area contributed by atoms with E-state index in [4.69, 9.17) is 0 Å². The van der Waals surface area contributed by atoms with Crippen molar-refractivity contribution < 1.29 is 8.78 Å².